The second-order valence-corrected chi connectivity index (χ2v) is 5.98. The maximum atomic E-state index is 12.9. The first-order chi connectivity index (χ1) is 12.0. The highest BCUT2D eigenvalue weighted by Gasteiger charge is 2.36. The van der Waals surface area contributed by atoms with Crippen molar-refractivity contribution in [2.24, 2.45) is 5.92 Å². The molecular formula is C19H20O6. The molecule has 6 nitrogen and oxygen atoms in total. The molecule has 2 aromatic rings. The highest BCUT2D eigenvalue weighted by molar-refractivity contribution is 6.05. The van der Waals surface area contributed by atoms with E-state index in [1.807, 2.05) is 24.3 Å². The number of hydrogen-bond acceptors (Lipinski definition) is 6. The fourth-order valence-electron chi connectivity index (χ4n) is 3.02. The van der Waals surface area contributed by atoms with Gasteiger partial charge in [0.2, 0.25) is 5.75 Å². The Balaban J connectivity index is 1.94. The van der Waals surface area contributed by atoms with Crippen molar-refractivity contribution < 1.29 is 29.2 Å². The van der Waals surface area contributed by atoms with E-state index in [1.165, 1.54) is 14.0 Å². The van der Waals surface area contributed by atoms with Crippen molar-refractivity contribution in [1.29, 1.82) is 0 Å². The maximum Gasteiger partial charge on any atom is 0.204 e. The molecule has 6 heteroatoms. The van der Waals surface area contributed by atoms with Gasteiger partial charge in [-0.05, 0) is 31.0 Å². The van der Waals surface area contributed by atoms with E-state index in [0.29, 0.717) is 6.42 Å². The van der Waals surface area contributed by atoms with Crippen molar-refractivity contribution in [2.75, 3.05) is 20.8 Å². The van der Waals surface area contributed by atoms with Crippen LogP contribution >= 0.6 is 0 Å². The van der Waals surface area contributed by atoms with Crippen molar-refractivity contribution in [3.8, 4) is 28.7 Å². The van der Waals surface area contributed by atoms with Crippen molar-refractivity contribution in [3.05, 3.63) is 41.0 Å². The van der Waals surface area contributed by atoms with Gasteiger partial charge < -0.3 is 24.4 Å². The molecule has 1 atom stereocenters. The Morgan fingerprint density at radius 1 is 1.12 bits per heavy atom. The topological polar surface area (TPSA) is 85.2 Å². The Kier molecular flexibility index (Phi) is 4.44. The van der Waals surface area contributed by atoms with E-state index in [-0.39, 0.29) is 46.5 Å². The van der Waals surface area contributed by atoms with Gasteiger partial charge in [-0.25, -0.2) is 0 Å². The van der Waals surface area contributed by atoms with Crippen LogP contribution in [0.15, 0.2) is 24.3 Å². The van der Waals surface area contributed by atoms with Gasteiger partial charge in [-0.3, -0.25) is 4.79 Å². The first kappa shape index (κ1) is 17.0. The predicted molar refractivity (Wildman–Crippen MR) is 91.1 cm³/mol. The molecule has 0 bridgehead atoms. The van der Waals surface area contributed by atoms with Crippen LogP contribution in [0.5, 0.6) is 28.7 Å². The Morgan fingerprint density at radius 2 is 1.80 bits per heavy atom. The summed E-state index contributed by atoms with van der Waals surface area (Å²) in [5.74, 6) is -0.233. The van der Waals surface area contributed by atoms with E-state index in [2.05, 4.69) is 0 Å². The lowest BCUT2D eigenvalue weighted by Gasteiger charge is -2.27. The Bertz CT molecular complexity index is 810. The van der Waals surface area contributed by atoms with Crippen LogP contribution < -0.4 is 14.2 Å². The van der Waals surface area contributed by atoms with E-state index >= 15 is 0 Å². The summed E-state index contributed by atoms with van der Waals surface area (Å²) in [4.78, 5) is 12.9. The normalized spacial score (nSPS) is 16.1. The number of methoxy groups -OCH3 is 2. The summed E-state index contributed by atoms with van der Waals surface area (Å²) < 4.78 is 16.0. The Morgan fingerprint density at radius 3 is 2.40 bits per heavy atom. The number of benzene rings is 2. The zero-order chi connectivity index (χ0) is 18.1. The third-order valence-electron chi connectivity index (χ3n) is 4.49. The summed E-state index contributed by atoms with van der Waals surface area (Å²) in [5.41, 5.74) is 1.22. The zero-order valence-corrected chi connectivity index (χ0v) is 14.3. The molecule has 1 heterocycles. The molecule has 3 rings (SSSR count). The molecular weight excluding hydrogens is 324 g/mol. The number of hydrogen-bond donors (Lipinski definition) is 2. The van der Waals surface area contributed by atoms with Gasteiger partial charge in [0, 0.05) is 5.56 Å². The van der Waals surface area contributed by atoms with E-state index in [1.54, 1.807) is 7.11 Å². The largest absolute Gasteiger partial charge is 0.507 e. The zero-order valence-electron chi connectivity index (χ0n) is 14.3. The number of carbonyl (C=O) groups excluding carboxylic acids is 1. The van der Waals surface area contributed by atoms with Crippen molar-refractivity contribution in [3.63, 3.8) is 0 Å². The van der Waals surface area contributed by atoms with Gasteiger partial charge in [0.05, 0.1) is 26.7 Å². The summed E-state index contributed by atoms with van der Waals surface area (Å²) in [6, 6.07) is 7.45. The van der Waals surface area contributed by atoms with Gasteiger partial charge in [0.25, 0.3) is 0 Å². The van der Waals surface area contributed by atoms with Crippen molar-refractivity contribution >= 4 is 5.78 Å². The molecule has 132 valence electrons. The molecule has 0 unspecified atom stereocenters. The van der Waals surface area contributed by atoms with E-state index in [9.17, 15) is 15.0 Å². The molecule has 1 aliphatic rings. The summed E-state index contributed by atoms with van der Waals surface area (Å²) in [7, 11) is 2.97. The monoisotopic (exact) mass is 344 g/mol. The lowest BCUT2D eigenvalue weighted by Crippen LogP contribution is -2.30. The number of ether oxygens (including phenoxy) is 3. The van der Waals surface area contributed by atoms with Crippen LogP contribution in [-0.4, -0.2) is 36.8 Å². The smallest absolute Gasteiger partial charge is 0.204 e. The lowest BCUT2D eigenvalue weighted by atomic mass is 9.88. The summed E-state index contributed by atoms with van der Waals surface area (Å²) in [5, 5.41) is 20.4. The fourth-order valence-corrected chi connectivity index (χ4v) is 3.02. The minimum absolute atomic E-state index is 0.0666. The van der Waals surface area contributed by atoms with Crippen LogP contribution in [0.1, 0.15) is 21.5 Å². The minimum Gasteiger partial charge on any atom is -0.507 e. The maximum absolute atomic E-state index is 12.9. The molecule has 0 saturated heterocycles. The third-order valence-corrected chi connectivity index (χ3v) is 4.49. The highest BCUT2D eigenvalue weighted by atomic mass is 16.5. The Labute approximate surface area is 145 Å². The molecule has 2 N–H and O–H groups in total. The predicted octanol–water partition coefficient (Wildman–Crippen LogP) is 2.86. The highest BCUT2D eigenvalue weighted by Crippen LogP contribution is 2.50. The standard InChI is InChI=1S/C19H20O6/c1-10-15(20)14-17(22)12(8-11-4-6-13(23-2)7-5-11)9-25-18(14)19(24-3)16(10)21/h4-7,12,20-21H,8-9H2,1-3H3/t12-/m0/s1. The van der Waals surface area contributed by atoms with Gasteiger partial charge in [-0.15, -0.1) is 0 Å². The molecule has 1 aliphatic heterocycles. The van der Waals surface area contributed by atoms with Crippen LogP contribution in [0.25, 0.3) is 0 Å². The minimum atomic E-state index is -0.430. The molecule has 0 spiro atoms. The van der Waals surface area contributed by atoms with Crippen molar-refractivity contribution in [1.82, 2.24) is 0 Å². The number of phenolic OH excluding ortho intramolecular Hbond substituents is 2. The summed E-state index contributed by atoms with van der Waals surface area (Å²) in [6.45, 7) is 1.67. The average Bonchev–Trinajstić information content (AvgIpc) is 2.63. The molecule has 0 radical (unpaired) electrons. The van der Waals surface area contributed by atoms with E-state index in [0.717, 1.165) is 11.3 Å². The first-order valence-electron chi connectivity index (χ1n) is 7.90. The second-order valence-electron chi connectivity index (χ2n) is 5.98. The van der Waals surface area contributed by atoms with Gasteiger partial charge >= 0.3 is 0 Å². The lowest BCUT2D eigenvalue weighted by molar-refractivity contribution is 0.0820. The van der Waals surface area contributed by atoms with Crippen molar-refractivity contribution in [2.45, 2.75) is 13.3 Å². The molecule has 0 aromatic heterocycles. The second kappa shape index (κ2) is 6.55. The average molecular weight is 344 g/mol. The van der Waals surface area contributed by atoms with Gasteiger partial charge in [0.1, 0.15) is 17.1 Å². The van der Waals surface area contributed by atoms with Crippen LogP contribution in [0.4, 0.5) is 0 Å². The van der Waals surface area contributed by atoms with Gasteiger partial charge in [-0.1, -0.05) is 12.1 Å². The molecule has 0 aliphatic carbocycles. The molecule has 0 fully saturated rings. The first-order valence-corrected chi connectivity index (χ1v) is 7.90. The number of carbonyl (C=O) groups is 1. The number of phenols is 2. The summed E-state index contributed by atoms with van der Waals surface area (Å²) >= 11 is 0. The molecule has 2 aromatic carbocycles. The fraction of sp³-hybridized carbons (Fsp3) is 0.316. The number of rotatable bonds is 4. The number of aromatic hydroxyl groups is 2. The summed E-state index contributed by atoms with van der Waals surface area (Å²) in [6.07, 6.45) is 0.476. The number of Topliss-reactive ketones (excluding diaryl/α,β-unsaturated/α-hetero) is 1. The third kappa shape index (κ3) is 2.84. The quantitative estimate of drug-likeness (QED) is 0.887. The van der Waals surface area contributed by atoms with Gasteiger partial charge in [0.15, 0.2) is 17.3 Å². The molecule has 25 heavy (non-hydrogen) atoms. The molecule has 0 amide bonds. The van der Waals surface area contributed by atoms with Crippen LogP contribution in [0.2, 0.25) is 0 Å². The van der Waals surface area contributed by atoms with Crippen LogP contribution in [0.3, 0.4) is 0 Å². The van der Waals surface area contributed by atoms with Crippen LogP contribution in [0, 0.1) is 12.8 Å². The number of ketones is 1. The SMILES string of the molecule is COc1ccc(C[C@H]2COc3c(OC)c(O)c(C)c(O)c3C2=O)cc1. The Hall–Kier alpha value is -2.89. The van der Waals surface area contributed by atoms with E-state index < -0.39 is 5.92 Å². The van der Waals surface area contributed by atoms with E-state index in [4.69, 9.17) is 14.2 Å². The number of fused-ring (bicyclic) bond motifs is 1. The van der Waals surface area contributed by atoms with Crippen LogP contribution in [-0.2, 0) is 6.42 Å². The van der Waals surface area contributed by atoms with Gasteiger partial charge in [-0.2, -0.15) is 0 Å². The molecule has 0 saturated carbocycles.